The molecule has 0 aromatic heterocycles. The molecule has 0 aromatic carbocycles. The molecular weight excluding hydrogens is 460 g/mol. The van der Waals surface area contributed by atoms with Gasteiger partial charge in [0.15, 0.2) is 0 Å². The van der Waals surface area contributed by atoms with Crippen molar-refractivity contribution >= 4 is 0 Å². The number of aliphatic hydroxyl groups excluding tert-OH is 1. The highest BCUT2D eigenvalue weighted by molar-refractivity contribution is 4.94. The van der Waals surface area contributed by atoms with Crippen LogP contribution in [0.3, 0.4) is 0 Å². The van der Waals surface area contributed by atoms with Gasteiger partial charge in [0, 0.05) is 0 Å². The molecule has 0 aromatic rings. The molecule has 0 heterocycles. The van der Waals surface area contributed by atoms with E-state index in [0.717, 1.165) is 41.9 Å². The summed E-state index contributed by atoms with van der Waals surface area (Å²) in [5.41, 5.74) is 0.412. The molecule has 0 aliphatic heterocycles. The van der Waals surface area contributed by atoms with Gasteiger partial charge in [-0.1, -0.05) is 132 Å². The summed E-state index contributed by atoms with van der Waals surface area (Å²) >= 11 is 0. The minimum atomic E-state index is -0.0893. The lowest BCUT2D eigenvalue weighted by Gasteiger charge is -2.49. The maximum absolute atomic E-state index is 11.5. The van der Waals surface area contributed by atoms with Crippen LogP contribution >= 0.6 is 0 Å². The van der Waals surface area contributed by atoms with Gasteiger partial charge in [-0.3, -0.25) is 0 Å². The average molecular weight is 533 g/mol. The average Bonchev–Trinajstić information content (AvgIpc) is 2.90. The first-order valence-electron chi connectivity index (χ1n) is 17.8. The molecule has 2 aliphatic rings. The Balaban J connectivity index is 1.93. The molecule has 0 bridgehead atoms. The first-order chi connectivity index (χ1) is 18.2. The van der Waals surface area contributed by atoms with Crippen LogP contribution in [-0.4, -0.2) is 11.2 Å². The summed E-state index contributed by atoms with van der Waals surface area (Å²) in [7, 11) is 0. The van der Waals surface area contributed by atoms with E-state index in [1.54, 1.807) is 0 Å². The first kappa shape index (κ1) is 34.2. The maximum Gasteiger partial charge on any atom is 0.0571 e. The molecule has 2 fully saturated rings. The molecule has 6 atom stereocenters. The molecule has 0 spiro atoms. The van der Waals surface area contributed by atoms with E-state index in [1.165, 1.54) is 116 Å². The van der Waals surface area contributed by atoms with Crippen LogP contribution in [0, 0.1) is 52.8 Å². The third-order valence-electron chi connectivity index (χ3n) is 11.9. The van der Waals surface area contributed by atoms with Gasteiger partial charge < -0.3 is 5.11 Å². The van der Waals surface area contributed by atoms with Crippen LogP contribution in [0.25, 0.3) is 0 Å². The molecule has 38 heavy (non-hydrogen) atoms. The van der Waals surface area contributed by atoms with Crippen molar-refractivity contribution in [3.05, 3.63) is 0 Å². The Bertz CT molecular complexity index is 588. The highest BCUT2D eigenvalue weighted by Crippen LogP contribution is 2.53. The van der Waals surface area contributed by atoms with Gasteiger partial charge in [0.25, 0.3) is 0 Å². The summed E-state index contributed by atoms with van der Waals surface area (Å²) in [6.45, 7) is 19.4. The van der Waals surface area contributed by atoms with Gasteiger partial charge in [0.2, 0.25) is 0 Å². The van der Waals surface area contributed by atoms with E-state index in [2.05, 4.69) is 55.4 Å². The highest BCUT2D eigenvalue weighted by Gasteiger charge is 2.44. The fourth-order valence-corrected chi connectivity index (χ4v) is 9.26. The van der Waals surface area contributed by atoms with Crippen LogP contribution in [0.4, 0.5) is 0 Å². The quantitative estimate of drug-likeness (QED) is 0.174. The zero-order valence-corrected chi connectivity index (χ0v) is 27.6. The smallest absolute Gasteiger partial charge is 0.0571 e. The number of unbranched alkanes of at least 4 members (excludes halogenated alkanes) is 2. The second kappa shape index (κ2) is 17.7. The van der Waals surface area contributed by atoms with Crippen molar-refractivity contribution in [3.8, 4) is 0 Å². The summed E-state index contributed by atoms with van der Waals surface area (Å²) in [4.78, 5) is 0. The van der Waals surface area contributed by atoms with E-state index in [0.29, 0.717) is 17.3 Å². The van der Waals surface area contributed by atoms with Crippen LogP contribution < -0.4 is 0 Å². The molecule has 2 rings (SSSR count). The predicted molar refractivity (Wildman–Crippen MR) is 169 cm³/mol. The molecule has 0 amide bonds. The Morgan fingerprint density at radius 2 is 1.50 bits per heavy atom. The number of hydrogen-bond acceptors (Lipinski definition) is 1. The van der Waals surface area contributed by atoms with Crippen molar-refractivity contribution in [2.75, 3.05) is 0 Å². The van der Waals surface area contributed by atoms with E-state index in [-0.39, 0.29) is 6.10 Å². The fourth-order valence-electron chi connectivity index (χ4n) is 9.26. The maximum atomic E-state index is 11.5. The molecule has 1 nitrogen and oxygen atoms in total. The Kier molecular flexibility index (Phi) is 15.9. The Morgan fingerprint density at radius 1 is 0.816 bits per heavy atom. The third-order valence-corrected chi connectivity index (χ3v) is 11.9. The van der Waals surface area contributed by atoms with Crippen LogP contribution in [-0.2, 0) is 0 Å². The molecule has 0 saturated heterocycles. The van der Waals surface area contributed by atoms with Gasteiger partial charge in [0.1, 0.15) is 0 Å². The van der Waals surface area contributed by atoms with Crippen LogP contribution in [0.15, 0.2) is 0 Å². The van der Waals surface area contributed by atoms with E-state index in [4.69, 9.17) is 0 Å². The Labute approximate surface area is 241 Å². The molecule has 2 saturated carbocycles. The Morgan fingerprint density at radius 3 is 2.08 bits per heavy atom. The number of hydrogen-bond donors (Lipinski definition) is 1. The largest absolute Gasteiger partial charge is 0.393 e. The van der Waals surface area contributed by atoms with E-state index in [1.807, 2.05) is 0 Å². The molecule has 2 aliphatic carbocycles. The summed E-state index contributed by atoms with van der Waals surface area (Å²) in [5, 5.41) is 11.5. The molecule has 1 N–H and O–H groups in total. The summed E-state index contributed by atoms with van der Waals surface area (Å²) < 4.78 is 0. The lowest BCUT2D eigenvalue weighted by Crippen LogP contribution is -2.41. The molecule has 0 radical (unpaired) electrons. The predicted octanol–water partition coefficient (Wildman–Crippen LogP) is 11.9. The van der Waals surface area contributed by atoms with E-state index >= 15 is 0 Å². The van der Waals surface area contributed by atoms with Gasteiger partial charge in [-0.2, -0.15) is 0 Å². The summed E-state index contributed by atoms with van der Waals surface area (Å²) in [5.74, 6) is 6.34. The van der Waals surface area contributed by atoms with Crippen LogP contribution in [0.2, 0.25) is 0 Å². The Hall–Kier alpha value is -0.0400. The zero-order valence-electron chi connectivity index (χ0n) is 27.6. The van der Waals surface area contributed by atoms with Crippen molar-refractivity contribution in [2.24, 2.45) is 52.8 Å². The zero-order chi connectivity index (χ0) is 28.1. The number of aliphatic hydroxyl groups is 1. The summed E-state index contributed by atoms with van der Waals surface area (Å²) in [6.07, 6.45) is 26.0. The van der Waals surface area contributed by atoms with Crippen molar-refractivity contribution < 1.29 is 5.11 Å². The monoisotopic (exact) mass is 533 g/mol. The molecule has 1 heteroatoms. The lowest BCUT2D eigenvalue weighted by atomic mass is 9.56. The van der Waals surface area contributed by atoms with Crippen LogP contribution in [0.5, 0.6) is 0 Å². The minimum absolute atomic E-state index is 0.0893. The van der Waals surface area contributed by atoms with Crippen molar-refractivity contribution in [1.82, 2.24) is 0 Å². The standard InChI is InChI=1S/C37H72O/c1-9-12-15-31(10-2)16-13-14-17-32-19-22-34(23-20-32)37(29(6)7,27-28(4)5)25-24-36(38)35-26-30(8)18-21-33(35)11-3/h28-36,38H,9-27H2,1-8H3/t30?,31?,32-,33?,34+,35?,36?,37-/m1/s1. The van der Waals surface area contributed by atoms with Gasteiger partial charge >= 0.3 is 0 Å². The second-order valence-electron chi connectivity index (χ2n) is 15.3. The fraction of sp³-hybridized carbons (Fsp3) is 1.00. The first-order valence-corrected chi connectivity index (χ1v) is 17.8. The van der Waals surface area contributed by atoms with Gasteiger partial charge in [-0.25, -0.2) is 0 Å². The highest BCUT2D eigenvalue weighted by atomic mass is 16.3. The third kappa shape index (κ3) is 10.4. The van der Waals surface area contributed by atoms with Crippen molar-refractivity contribution in [2.45, 2.75) is 183 Å². The normalized spacial score (nSPS) is 29.9. The van der Waals surface area contributed by atoms with Crippen molar-refractivity contribution in [1.29, 1.82) is 0 Å². The van der Waals surface area contributed by atoms with E-state index < -0.39 is 0 Å². The second-order valence-corrected chi connectivity index (χ2v) is 15.3. The van der Waals surface area contributed by atoms with Gasteiger partial charge in [-0.05, 0) is 97.7 Å². The molecule has 5 unspecified atom stereocenters. The van der Waals surface area contributed by atoms with E-state index in [9.17, 15) is 5.11 Å². The van der Waals surface area contributed by atoms with Gasteiger partial charge in [0.05, 0.1) is 6.10 Å². The SMILES string of the molecule is CCCCC(CC)CCCC[C@H]1CC[C@@H]([C@](CCC(O)C2CC(C)CCC2CC)(CC(C)C)C(C)C)CC1. The lowest BCUT2D eigenvalue weighted by molar-refractivity contribution is -0.0209. The number of rotatable bonds is 18. The molecule has 226 valence electrons. The summed E-state index contributed by atoms with van der Waals surface area (Å²) in [6, 6.07) is 0. The minimum Gasteiger partial charge on any atom is -0.393 e. The van der Waals surface area contributed by atoms with Crippen LogP contribution in [0.1, 0.15) is 177 Å². The topological polar surface area (TPSA) is 20.2 Å². The van der Waals surface area contributed by atoms with Crippen molar-refractivity contribution in [3.63, 3.8) is 0 Å². The van der Waals surface area contributed by atoms with Gasteiger partial charge in [-0.15, -0.1) is 0 Å². The molecular formula is C37H72O.